The zero-order valence-electron chi connectivity index (χ0n) is 23.7. The molecule has 0 spiro atoms. The molecule has 2 aliphatic rings. The lowest BCUT2D eigenvalue weighted by Gasteiger charge is -2.39. The van der Waals surface area contributed by atoms with E-state index in [9.17, 15) is 14.4 Å². The number of hydrogen-bond acceptors (Lipinski definition) is 7. The van der Waals surface area contributed by atoms with Crippen LogP contribution in [0, 0.1) is 5.92 Å². The van der Waals surface area contributed by atoms with Gasteiger partial charge in [-0.25, -0.2) is 14.5 Å². The van der Waals surface area contributed by atoms with Crippen LogP contribution < -0.4 is 10.5 Å². The van der Waals surface area contributed by atoms with Gasteiger partial charge in [0.15, 0.2) is 0 Å². The fraction of sp³-hybridized carbons (Fsp3) is 0.500. The second kappa shape index (κ2) is 10.8. The second-order valence-electron chi connectivity index (χ2n) is 12.2. The number of nitrogen functional groups attached to an aromatic ring is 1. The average molecular weight is 538 g/mol. The molecule has 1 fully saturated rings. The molecule has 4 rings (SSSR count). The summed E-state index contributed by atoms with van der Waals surface area (Å²) < 4.78 is 17.2. The predicted octanol–water partition coefficient (Wildman–Crippen LogP) is 5.58. The molecule has 1 saturated heterocycles. The molecule has 210 valence electrons. The molecular formula is C30H39N3O6. The topological polar surface area (TPSA) is 111 Å². The molecule has 2 aromatic rings. The van der Waals surface area contributed by atoms with E-state index < -0.39 is 23.2 Å². The summed E-state index contributed by atoms with van der Waals surface area (Å²) in [5, 5.41) is 0. The third kappa shape index (κ3) is 7.02. The van der Waals surface area contributed by atoms with Crippen LogP contribution in [0.5, 0.6) is 5.75 Å². The van der Waals surface area contributed by atoms with E-state index in [4.69, 9.17) is 19.9 Å². The molecule has 2 aromatic carbocycles. The van der Waals surface area contributed by atoms with E-state index in [0.29, 0.717) is 36.7 Å². The number of amides is 3. The summed E-state index contributed by atoms with van der Waals surface area (Å²) in [6, 6.07) is 13.1. The lowest BCUT2D eigenvalue weighted by atomic mass is 9.81. The predicted molar refractivity (Wildman–Crippen MR) is 148 cm³/mol. The molecule has 9 nitrogen and oxygen atoms in total. The number of likely N-dealkylation sites (tertiary alicyclic amines) is 1. The Labute approximate surface area is 230 Å². The number of anilines is 1. The minimum Gasteiger partial charge on any atom is -0.493 e. The van der Waals surface area contributed by atoms with E-state index in [2.05, 4.69) is 0 Å². The Morgan fingerprint density at radius 1 is 0.949 bits per heavy atom. The van der Waals surface area contributed by atoms with Gasteiger partial charge in [0, 0.05) is 30.3 Å². The first-order valence-electron chi connectivity index (χ1n) is 13.3. The lowest BCUT2D eigenvalue weighted by molar-refractivity contribution is 0.0110. The van der Waals surface area contributed by atoms with Gasteiger partial charge in [0.25, 0.3) is 5.91 Å². The van der Waals surface area contributed by atoms with Crippen LogP contribution in [0.3, 0.4) is 0 Å². The zero-order chi connectivity index (χ0) is 28.5. The number of rotatable bonds is 4. The molecule has 0 saturated carbocycles. The summed E-state index contributed by atoms with van der Waals surface area (Å²) in [4.78, 5) is 41.2. The average Bonchev–Trinajstić information content (AvgIpc) is 3.17. The summed E-state index contributed by atoms with van der Waals surface area (Å²) >= 11 is 0. The minimum absolute atomic E-state index is 0.0166. The number of nitrogens with zero attached hydrogens (tertiary/aromatic N) is 2. The number of imide groups is 1. The van der Waals surface area contributed by atoms with Gasteiger partial charge in [0.1, 0.15) is 17.0 Å². The van der Waals surface area contributed by atoms with E-state index >= 15 is 0 Å². The molecule has 0 aromatic heterocycles. The normalized spacial score (nSPS) is 19.5. The van der Waals surface area contributed by atoms with E-state index in [1.54, 1.807) is 43.9 Å². The highest BCUT2D eigenvalue weighted by atomic mass is 16.6. The third-order valence-corrected chi connectivity index (χ3v) is 6.71. The Balaban J connectivity index is 1.48. The van der Waals surface area contributed by atoms with Gasteiger partial charge in [0.2, 0.25) is 0 Å². The number of nitrogens with two attached hydrogens (primary N) is 1. The molecule has 39 heavy (non-hydrogen) atoms. The number of ether oxygens (including phenoxy) is 3. The first-order chi connectivity index (χ1) is 18.2. The van der Waals surface area contributed by atoms with E-state index in [0.717, 1.165) is 22.4 Å². The fourth-order valence-electron chi connectivity index (χ4n) is 4.91. The Morgan fingerprint density at radius 2 is 1.59 bits per heavy atom. The fourth-order valence-corrected chi connectivity index (χ4v) is 4.91. The Kier molecular flexibility index (Phi) is 7.82. The van der Waals surface area contributed by atoms with Crippen molar-refractivity contribution in [1.82, 2.24) is 9.80 Å². The maximum absolute atomic E-state index is 13.0. The van der Waals surface area contributed by atoms with Gasteiger partial charge in [-0.3, -0.25) is 4.79 Å². The number of benzene rings is 2. The first-order valence-corrected chi connectivity index (χ1v) is 13.3. The van der Waals surface area contributed by atoms with Gasteiger partial charge in [-0.1, -0.05) is 18.2 Å². The van der Waals surface area contributed by atoms with Crippen molar-refractivity contribution in [2.24, 2.45) is 5.92 Å². The van der Waals surface area contributed by atoms with Crippen LogP contribution in [0.15, 0.2) is 42.5 Å². The highest BCUT2D eigenvalue weighted by molar-refractivity contribution is 6.06. The Morgan fingerprint density at radius 3 is 2.23 bits per heavy atom. The zero-order valence-corrected chi connectivity index (χ0v) is 23.7. The van der Waals surface area contributed by atoms with Gasteiger partial charge in [0.05, 0.1) is 13.2 Å². The van der Waals surface area contributed by atoms with Crippen LogP contribution in [0.4, 0.5) is 15.3 Å². The molecule has 2 unspecified atom stereocenters. The quantitative estimate of drug-likeness (QED) is 0.507. The van der Waals surface area contributed by atoms with Crippen molar-refractivity contribution in [2.45, 2.75) is 71.6 Å². The Bertz CT molecular complexity index is 1230. The van der Waals surface area contributed by atoms with Crippen LogP contribution in [-0.2, 0) is 16.0 Å². The van der Waals surface area contributed by atoms with Crippen molar-refractivity contribution >= 4 is 23.8 Å². The van der Waals surface area contributed by atoms with Crippen molar-refractivity contribution < 1.29 is 28.6 Å². The van der Waals surface area contributed by atoms with Gasteiger partial charge < -0.3 is 24.8 Å². The van der Waals surface area contributed by atoms with Crippen molar-refractivity contribution in [3.05, 3.63) is 59.2 Å². The molecule has 0 bridgehead atoms. The summed E-state index contributed by atoms with van der Waals surface area (Å²) in [5.41, 5.74) is 7.62. The van der Waals surface area contributed by atoms with E-state index in [1.807, 2.05) is 45.0 Å². The van der Waals surface area contributed by atoms with Crippen LogP contribution >= 0.6 is 0 Å². The van der Waals surface area contributed by atoms with Crippen LogP contribution in [0.25, 0.3) is 0 Å². The molecule has 2 atom stereocenters. The number of carbonyl (C=O) groups excluding carboxylic acids is 3. The largest absolute Gasteiger partial charge is 0.493 e. The van der Waals surface area contributed by atoms with Crippen molar-refractivity contribution in [2.75, 3.05) is 25.4 Å². The monoisotopic (exact) mass is 537 g/mol. The SMILES string of the molecule is CC(C)(C)OC(=O)N1CCC(c2ccc(N)cc2)C(COc2ccc3c(c2)C(=O)N(C(=O)OC(C)(C)C)C3)C1. The van der Waals surface area contributed by atoms with Crippen LogP contribution in [0.1, 0.15) is 75.4 Å². The number of carbonyl (C=O) groups is 3. The highest BCUT2D eigenvalue weighted by Crippen LogP contribution is 2.35. The number of fused-ring (bicyclic) bond motifs is 1. The van der Waals surface area contributed by atoms with Crippen molar-refractivity contribution in [1.29, 1.82) is 0 Å². The highest BCUT2D eigenvalue weighted by Gasteiger charge is 2.37. The summed E-state index contributed by atoms with van der Waals surface area (Å²) in [6.45, 7) is 12.4. The van der Waals surface area contributed by atoms with Crippen molar-refractivity contribution in [3.63, 3.8) is 0 Å². The first kappa shape index (κ1) is 28.3. The number of piperidine rings is 1. The maximum atomic E-state index is 13.0. The van der Waals surface area contributed by atoms with Crippen LogP contribution in [0.2, 0.25) is 0 Å². The summed E-state index contributed by atoms with van der Waals surface area (Å²) in [7, 11) is 0. The standard InChI is InChI=1S/C30H39N3O6/c1-29(2,3)38-27(35)32-14-13-24(19-7-10-22(31)11-8-19)21(16-32)18-37-23-12-9-20-17-33(26(34)25(20)15-23)28(36)39-30(4,5)6/h7-12,15,21,24H,13-14,16-18,31H2,1-6H3. The molecule has 2 N–H and O–H groups in total. The van der Waals surface area contributed by atoms with Gasteiger partial charge >= 0.3 is 12.2 Å². The molecule has 9 heteroatoms. The van der Waals surface area contributed by atoms with Crippen LogP contribution in [-0.4, -0.2) is 58.8 Å². The smallest absolute Gasteiger partial charge is 0.417 e. The number of hydrogen-bond donors (Lipinski definition) is 1. The summed E-state index contributed by atoms with van der Waals surface area (Å²) in [5.74, 6) is 0.261. The third-order valence-electron chi connectivity index (χ3n) is 6.71. The molecule has 0 radical (unpaired) electrons. The van der Waals surface area contributed by atoms with Crippen molar-refractivity contribution in [3.8, 4) is 5.75 Å². The minimum atomic E-state index is -0.700. The molecule has 3 amide bonds. The van der Waals surface area contributed by atoms with Gasteiger partial charge in [-0.2, -0.15) is 0 Å². The molecule has 2 heterocycles. The molecule has 2 aliphatic heterocycles. The molecule has 0 aliphatic carbocycles. The van der Waals surface area contributed by atoms with E-state index in [-0.39, 0.29) is 24.5 Å². The molecular weight excluding hydrogens is 498 g/mol. The maximum Gasteiger partial charge on any atom is 0.417 e. The van der Waals surface area contributed by atoms with Gasteiger partial charge in [-0.15, -0.1) is 0 Å². The van der Waals surface area contributed by atoms with E-state index in [1.165, 1.54) is 0 Å². The second-order valence-corrected chi connectivity index (χ2v) is 12.2. The van der Waals surface area contributed by atoms with Gasteiger partial charge in [-0.05, 0) is 89.3 Å². The summed E-state index contributed by atoms with van der Waals surface area (Å²) in [6.07, 6.45) is -0.249. The lowest BCUT2D eigenvalue weighted by Crippen LogP contribution is -2.46. The Hall–Kier alpha value is -3.75.